The van der Waals surface area contributed by atoms with Crippen LogP contribution in [-0.2, 0) is 6.54 Å². The fourth-order valence-corrected chi connectivity index (χ4v) is 3.73. The van der Waals surface area contributed by atoms with Crippen LogP contribution in [0.15, 0.2) is 17.1 Å². The van der Waals surface area contributed by atoms with Crippen LogP contribution in [0.1, 0.15) is 36.2 Å². The molecule has 3 N–H and O–H groups in total. The number of anilines is 1. The molecule has 0 bridgehead atoms. The van der Waals surface area contributed by atoms with E-state index in [1.165, 1.54) is 13.1 Å². The van der Waals surface area contributed by atoms with E-state index in [4.69, 9.17) is 5.73 Å². The molecule has 26 heavy (non-hydrogen) atoms. The molecule has 1 atom stereocenters. The van der Waals surface area contributed by atoms with E-state index in [2.05, 4.69) is 6.92 Å². The molecule has 1 aromatic heterocycles. The van der Waals surface area contributed by atoms with Crippen molar-refractivity contribution in [3.8, 4) is 0 Å². The normalized spacial score (nSPS) is 20.1. The van der Waals surface area contributed by atoms with Crippen molar-refractivity contribution in [2.24, 2.45) is 11.1 Å². The first-order chi connectivity index (χ1) is 12.2. The van der Waals surface area contributed by atoms with Crippen molar-refractivity contribution in [2.45, 2.75) is 33.7 Å². The van der Waals surface area contributed by atoms with Gasteiger partial charge in [-0.25, -0.2) is 9.18 Å². The molecule has 1 unspecified atom stereocenters. The van der Waals surface area contributed by atoms with Gasteiger partial charge in [0, 0.05) is 31.4 Å². The number of carboxylic acids is 1. The lowest BCUT2D eigenvalue weighted by atomic mass is 9.90. The summed E-state index contributed by atoms with van der Waals surface area (Å²) >= 11 is 0. The minimum absolute atomic E-state index is 0.0626. The van der Waals surface area contributed by atoms with Gasteiger partial charge in [0.1, 0.15) is 11.4 Å². The van der Waals surface area contributed by atoms with Gasteiger partial charge in [0.25, 0.3) is 0 Å². The molecule has 1 aliphatic rings. The summed E-state index contributed by atoms with van der Waals surface area (Å²) in [5.41, 5.74) is 5.99. The highest BCUT2D eigenvalue weighted by molar-refractivity contribution is 5.95. The number of benzene rings is 1. The van der Waals surface area contributed by atoms with Gasteiger partial charge < -0.3 is 20.3 Å². The molecule has 0 spiro atoms. The molecule has 6 nitrogen and oxygen atoms in total. The maximum atomic E-state index is 15.1. The summed E-state index contributed by atoms with van der Waals surface area (Å²) < 4.78 is 16.8. The Morgan fingerprint density at radius 3 is 2.69 bits per heavy atom. The summed E-state index contributed by atoms with van der Waals surface area (Å²) in [6.07, 6.45) is 2.21. The first kappa shape index (κ1) is 18.4. The summed E-state index contributed by atoms with van der Waals surface area (Å²) in [5.74, 6) is -1.78. The Morgan fingerprint density at radius 1 is 1.46 bits per heavy atom. The Hall–Kier alpha value is -2.41. The first-order valence-corrected chi connectivity index (χ1v) is 8.77. The zero-order chi connectivity index (χ0) is 19.2. The molecule has 7 heteroatoms. The lowest BCUT2D eigenvalue weighted by Crippen LogP contribution is -2.31. The largest absolute Gasteiger partial charge is 0.477 e. The summed E-state index contributed by atoms with van der Waals surface area (Å²) in [6, 6.07) is 1.66. The molecule has 1 fully saturated rings. The molecule has 1 saturated heterocycles. The van der Waals surface area contributed by atoms with Gasteiger partial charge in [-0.3, -0.25) is 4.79 Å². The molecule has 0 saturated carbocycles. The minimum atomic E-state index is -1.30. The molecular formula is C19H24FN3O3. The monoisotopic (exact) mass is 361 g/mol. The van der Waals surface area contributed by atoms with Crippen molar-refractivity contribution < 1.29 is 14.3 Å². The lowest BCUT2D eigenvalue weighted by molar-refractivity contribution is 0.0695. The highest BCUT2D eigenvalue weighted by Gasteiger charge is 2.34. The van der Waals surface area contributed by atoms with Gasteiger partial charge in [0.05, 0.1) is 16.6 Å². The number of halogens is 1. The second-order valence-electron chi connectivity index (χ2n) is 7.38. The highest BCUT2D eigenvalue weighted by atomic mass is 19.1. The van der Waals surface area contributed by atoms with Crippen LogP contribution in [0.5, 0.6) is 0 Å². The van der Waals surface area contributed by atoms with Crippen LogP contribution in [0.4, 0.5) is 10.1 Å². The molecule has 2 aromatic rings. The second kappa shape index (κ2) is 6.39. The van der Waals surface area contributed by atoms with E-state index < -0.39 is 17.2 Å². The standard InChI is InChI=1S/C19H24FN3O3/c1-4-22-8-12(18(25)26)17(24)15-11(2)16(20)14(7-13(15)22)23-6-5-19(3,9-21)10-23/h7-8H,4-6,9-10,21H2,1-3H3,(H,25,26). The quantitative estimate of drug-likeness (QED) is 0.873. The number of fused-ring (bicyclic) bond motifs is 1. The van der Waals surface area contributed by atoms with Gasteiger partial charge in [-0.15, -0.1) is 0 Å². The van der Waals surface area contributed by atoms with Gasteiger partial charge >= 0.3 is 5.97 Å². The van der Waals surface area contributed by atoms with E-state index >= 15 is 4.39 Å². The van der Waals surface area contributed by atoms with E-state index in [0.29, 0.717) is 37.4 Å². The predicted octanol–water partition coefficient (Wildman–Crippen LogP) is 2.34. The van der Waals surface area contributed by atoms with Crippen LogP contribution in [0.25, 0.3) is 10.9 Å². The third-order valence-corrected chi connectivity index (χ3v) is 5.49. The van der Waals surface area contributed by atoms with Crippen molar-refractivity contribution in [3.63, 3.8) is 0 Å². The number of hydrogen-bond donors (Lipinski definition) is 2. The zero-order valence-electron chi connectivity index (χ0n) is 15.3. The first-order valence-electron chi connectivity index (χ1n) is 8.77. The van der Waals surface area contributed by atoms with Crippen molar-refractivity contribution in [2.75, 3.05) is 24.5 Å². The smallest absolute Gasteiger partial charge is 0.341 e. The van der Waals surface area contributed by atoms with Gasteiger partial charge in [-0.05, 0) is 38.3 Å². The number of aryl methyl sites for hydroxylation is 2. The fourth-order valence-electron chi connectivity index (χ4n) is 3.73. The maximum Gasteiger partial charge on any atom is 0.341 e. The number of hydrogen-bond acceptors (Lipinski definition) is 4. The van der Waals surface area contributed by atoms with E-state index in [0.717, 1.165) is 6.42 Å². The average Bonchev–Trinajstić information content (AvgIpc) is 3.00. The Labute approximate surface area is 151 Å². The number of aromatic carboxylic acids is 1. The Kier molecular flexibility index (Phi) is 4.52. The minimum Gasteiger partial charge on any atom is -0.477 e. The van der Waals surface area contributed by atoms with Crippen molar-refractivity contribution >= 4 is 22.6 Å². The molecule has 0 amide bonds. The number of carboxylic acid groups (broad SMARTS) is 1. The Morgan fingerprint density at radius 2 is 2.15 bits per heavy atom. The number of rotatable bonds is 4. The molecule has 0 aliphatic carbocycles. The molecule has 2 heterocycles. The van der Waals surface area contributed by atoms with E-state index in [1.807, 2.05) is 11.8 Å². The van der Waals surface area contributed by atoms with Crippen molar-refractivity contribution in [3.05, 3.63) is 39.4 Å². The second-order valence-corrected chi connectivity index (χ2v) is 7.38. The number of pyridine rings is 1. The van der Waals surface area contributed by atoms with E-state index in [-0.39, 0.29) is 21.9 Å². The third-order valence-electron chi connectivity index (χ3n) is 5.49. The number of aromatic nitrogens is 1. The number of nitrogens with two attached hydrogens (primary N) is 1. The topological polar surface area (TPSA) is 88.6 Å². The van der Waals surface area contributed by atoms with Crippen LogP contribution in [0, 0.1) is 18.2 Å². The predicted molar refractivity (Wildman–Crippen MR) is 99.5 cm³/mol. The maximum absolute atomic E-state index is 15.1. The molecular weight excluding hydrogens is 337 g/mol. The van der Waals surface area contributed by atoms with Crippen molar-refractivity contribution in [1.82, 2.24) is 4.57 Å². The van der Waals surface area contributed by atoms with Crippen LogP contribution in [0.2, 0.25) is 0 Å². The molecule has 1 aromatic carbocycles. The molecule has 0 radical (unpaired) electrons. The van der Waals surface area contributed by atoms with E-state index in [1.54, 1.807) is 10.6 Å². The van der Waals surface area contributed by atoms with Crippen LogP contribution in [-0.4, -0.2) is 35.3 Å². The molecule has 3 rings (SSSR count). The van der Waals surface area contributed by atoms with Gasteiger partial charge in [0.15, 0.2) is 0 Å². The van der Waals surface area contributed by atoms with Crippen LogP contribution in [0.3, 0.4) is 0 Å². The van der Waals surface area contributed by atoms with E-state index in [9.17, 15) is 14.7 Å². The van der Waals surface area contributed by atoms with Crippen molar-refractivity contribution in [1.29, 1.82) is 0 Å². The summed E-state index contributed by atoms with van der Waals surface area (Å²) in [7, 11) is 0. The van der Waals surface area contributed by atoms with Gasteiger partial charge in [-0.2, -0.15) is 0 Å². The third kappa shape index (κ3) is 2.76. The van der Waals surface area contributed by atoms with Crippen LogP contribution >= 0.6 is 0 Å². The summed E-state index contributed by atoms with van der Waals surface area (Å²) in [6.45, 7) is 7.82. The Bertz CT molecular complexity index is 953. The van der Waals surface area contributed by atoms with Gasteiger partial charge in [-0.1, -0.05) is 6.92 Å². The molecule has 140 valence electrons. The summed E-state index contributed by atoms with van der Waals surface area (Å²) in [5, 5.41) is 9.42. The average molecular weight is 361 g/mol. The van der Waals surface area contributed by atoms with Crippen LogP contribution < -0.4 is 16.1 Å². The summed E-state index contributed by atoms with van der Waals surface area (Å²) in [4.78, 5) is 25.9. The fraction of sp³-hybridized carbons (Fsp3) is 0.474. The van der Waals surface area contributed by atoms with Gasteiger partial charge in [0.2, 0.25) is 5.43 Å². The highest BCUT2D eigenvalue weighted by Crippen LogP contribution is 2.36. The number of nitrogens with zero attached hydrogens (tertiary/aromatic N) is 2. The lowest BCUT2D eigenvalue weighted by Gasteiger charge is -2.25. The zero-order valence-corrected chi connectivity index (χ0v) is 15.3. The Balaban J connectivity index is 2.27. The SMILES string of the molecule is CCn1cc(C(=O)O)c(=O)c2c(C)c(F)c(N3CCC(C)(CN)C3)cc21. The number of carbonyl (C=O) groups is 1. The molecule has 1 aliphatic heterocycles.